The molecule has 0 radical (unpaired) electrons. The van der Waals surface area contributed by atoms with E-state index in [0.717, 1.165) is 17.3 Å². The van der Waals surface area contributed by atoms with E-state index in [1.54, 1.807) is 0 Å². The number of fused-ring (bicyclic) bond motifs is 1. The Balaban J connectivity index is 2.35. The van der Waals surface area contributed by atoms with E-state index in [9.17, 15) is 10.4 Å². The maximum atomic E-state index is 9.44. The lowest BCUT2D eigenvalue weighted by molar-refractivity contribution is 0.259. The van der Waals surface area contributed by atoms with Gasteiger partial charge in [0.15, 0.2) is 0 Å². The summed E-state index contributed by atoms with van der Waals surface area (Å²) in [5.74, 6) is 1.01. The fraction of sp³-hybridized carbons (Fsp3) is 0.375. The zero-order valence-corrected chi connectivity index (χ0v) is 11.8. The van der Waals surface area contributed by atoms with E-state index in [2.05, 4.69) is 30.2 Å². The summed E-state index contributed by atoms with van der Waals surface area (Å²) in [6, 6.07) is 11.6. The normalized spacial score (nSPS) is 12.3. The first kappa shape index (κ1) is 14.3. The number of nitrogens with one attached hydrogen (secondary N) is 1. The fourth-order valence-electron chi connectivity index (χ4n) is 2.25. The van der Waals surface area contributed by atoms with Crippen molar-refractivity contribution in [2.45, 2.75) is 26.3 Å². The van der Waals surface area contributed by atoms with Gasteiger partial charge >= 0.3 is 0 Å². The van der Waals surface area contributed by atoms with Gasteiger partial charge in [-0.1, -0.05) is 32.0 Å². The molecule has 2 N–H and O–H groups in total. The van der Waals surface area contributed by atoms with Crippen LogP contribution in [0.25, 0.3) is 10.9 Å². The molecule has 2 aromatic rings. The van der Waals surface area contributed by atoms with E-state index in [4.69, 9.17) is 0 Å². The number of anilines is 1. The molecule has 0 saturated carbocycles. The third kappa shape index (κ3) is 3.25. The number of nitrogens with zero attached hydrogens (tertiary/aromatic N) is 2. The van der Waals surface area contributed by atoms with Gasteiger partial charge < -0.3 is 10.4 Å². The Kier molecular flexibility index (Phi) is 4.54. The van der Waals surface area contributed by atoms with Gasteiger partial charge in [-0.15, -0.1) is 0 Å². The lowest BCUT2D eigenvalue weighted by Gasteiger charge is -2.19. The van der Waals surface area contributed by atoms with E-state index >= 15 is 0 Å². The first-order valence-corrected chi connectivity index (χ1v) is 6.81. The molecular formula is C16H19N3O. The second-order valence-electron chi connectivity index (χ2n) is 5.34. The van der Waals surface area contributed by atoms with Crippen molar-refractivity contribution >= 4 is 16.7 Å². The van der Waals surface area contributed by atoms with Gasteiger partial charge in [0.1, 0.15) is 11.9 Å². The van der Waals surface area contributed by atoms with Crippen molar-refractivity contribution in [3.05, 3.63) is 35.9 Å². The minimum Gasteiger partial charge on any atom is -0.394 e. The third-order valence-electron chi connectivity index (χ3n) is 3.16. The molecule has 1 aromatic carbocycles. The highest BCUT2D eigenvalue weighted by Crippen LogP contribution is 2.21. The summed E-state index contributed by atoms with van der Waals surface area (Å²) >= 11 is 0. The van der Waals surface area contributed by atoms with E-state index in [1.807, 2.05) is 30.3 Å². The molecule has 104 valence electrons. The van der Waals surface area contributed by atoms with Gasteiger partial charge in [-0.25, -0.2) is 4.98 Å². The fourth-order valence-corrected chi connectivity index (χ4v) is 2.25. The summed E-state index contributed by atoms with van der Waals surface area (Å²) < 4.78 is 0. The molecule has 1 heterocycles. The number of aliphatic hydroxyl groups is 1. The summed E-state index contributed by atoms with van der Waals surface area (Å²) in [4.78, 5) is 4.50. The highest BCUT2D eigenvalue weighted by Gasteiger charge is 2.13. The van der Waals surface area contributed by atoms with E-state index in [0.29, 0.717) is 17.3 Å². The monoisotopic (exact) mass is 269 g/mol. The van der Waals surface area contributed by atoms with Crippen molar-refractivity contribution in [3.8, 4) is 6.07 Å². The maximum Gasteiger partial charge on any atom is 0.144 e. The lowest BCUT2D eigenvalue weighted by Crippen LogP contribution is -2.26. The Morgan fingerprint density at radius 3 is 2.75 bits per heavy atom. The van der Waals surface area contributed by atoms with Crippen LogP contribution < -0.4 is 5.32 Å². The topological polar surface area (TPSA) is 68.9 Å². The van der Waals surface area contributed by atoms with Crippen LogP contribution in [0.15, 0.2) is 30.3 Å². The van der Waals surface area contributed by atoms with E-state index < -0.39 is 0 Å². The van der Waals surface area contributed by atoms with Crippen LogP contribution in [0.4, 0.5) is 5.82 Å². The molecular weight excluding hydrogens is 250 g/mol. The van der Waals surface area contributed by atoms with Crippen LogP contribution in [0.3, 0.4) is 0 Å². The van der Waals surface area contributed by atoms with Gasteiger partial charge in [0, 0.05) is 5.39 Å². The van der Waals surface area contributed by atoms with Gasteiger partial charge in [-0.3, -0.25) is 0 Å². The van der Waals surface area contributed by atoms with E-state index in [1.165, 1.54) is 0 Å². The third-order valence-corrected chi connectivity index (χ3v) is 3.16. The van der Waals surface area contributed by atoms with Crippen molar-refractivity contribution in [3.63, 3.8) is 0 Å². The predicted octanol–water partition coefficient (Wildman–Crippen LogP) is 2.93. The highest BCUT2D eigenvalue weighted by atomic mass is 16.3. The van der Waals surface area contributed by atoms with Crippen LogP contribution >= 0.6 is 0 Å². The maximum absolute atomic E-state index is 9.44. The summed E-state index contributed by atoms with van der Waals surface area (Å²) in [6.45, 7) is 4.23. The minimum absolute atomic E-state index is 0.0254. The molecule has 1 aromatic heterocycles. The Morgan fingerprint density at radius 1 is 1.35 bits per heavy atom. The zero-order valence-electron chi connectivity index (χ0n) is 11.8. The quantitative estimate of drug-likeness (QED) is 0.875. The van der Waals surface area contributed by atoms with Crippen LogP contribution in [0.2, 0.25) is 0 Å². The van der Waals surface area contributed by atoms with Crippen LogP contribution in [-0.2, 0) is 0 Å². The number of aliphatic hydroxyl groups excluding tert-OH is 1. The van der Waals surface area contributed by atoms with Gasteiger partial charge in [0.2, 0.25) is 0 Å². The van der Waals surface area contributed by atoms with Crippen molar-refractivity contribution in [2.24, 2.45) is 5.92 Å². The summed E-state index contributed by atoms with van der Waals surface area (Å²) in [5.41, 5.74) is 1.35. The van der Waals surface area contributed by atoms with Gasteiger partial charge in [0.05, 0.1) is 23.7 Å². The van der Waals surface area contributed by atoms with Gasteiger partial charge in [0.25, 0.3) is 0 Å². The average Bonchev–Trinajstić information content (AvgIpc) is 2.45. The number of benzene rings is 1. The van der Waals surface area contributed by atoms with Crippen LogP contribution in [-0.4, -0.2) is 22.7 Å². The van der Waals surface area contributed by atoms with E-state index in [-0.39, 0.29) is 12.6 Å². The molecule has 0 aliphatic carbocycles. The molecule has 0 spiro atoms. The number of aromatic nitrogens is 1. The molecule has 0 aliphatic heterocycles. The first-order valence-electron chi connectivity index (χ1n) is 6.81. The highest BCUT2D eigenvalue weighted by molar-refractivity contribution is 5.82. The Morgan fingerprint density at radius 2 is 2.10 bits per heavy atom. The van der Waals surface area contributed by atoms with Crippen LogP contribution in [0.1, 0.15) is 25.8 Å². The molecule has 0 saturated heterocycles. The number of rotatable bonds is 5. The first-order chi connectivity index (χ1) is 9.63. The standard InChI is InChI=1S/C16H19N3O/c1-11(2)7-14(10-20)18-16-13(9-17)8-12-5-3-4-6-15(12)19-16/h3-6,8,11,14,20H,7,10H2,1-2H3,(H,18,19). The average molecular weight is 269 g/mol. The Hall–Kier alpha value is -2.12. The number of hydrogen-bond acceptors (Lipinski definition) is 4. The molecule has 0 amide bonds. The molecule has 0 aliphatic rings. The second-order valence-corrected chi connectivity index (χ2v) is 5.34. The van der Waals surface area contributed by atoms with Gasteiger partial charge in [-0.2, -0.15) is 5.26 Å². The molecule has 1 unspecified atom stereocenters. The lowest BCUT2D eigenvalue weighted by atomic mass is 10.0. The largest absolute Gasteiger partial charge is 0.394 e. The number of pyridine rings is 1. The molecule has 0 fully saturated rings. The summed E-state index contributed by atoms with van der Waals surface area (Å²) in [5, 5.41) is 22.8. The van der Waals surface area contributed by atoms with Crippen molar-refractivity contribution in [1.29, 1.82) is 5.26 Å². The zero-order chi connectivity index (χ0) is 14.5. The minimum atomic E-state index is -0.0873. The SMILES string of the molecule is CC(C)CC(CO)Nc1nc2ccccc2cc1C#N. The van der Waals surface area contributed by atoms with Crippen molar-refractivity contribution in [1.82, 2.24) is 4.98 Å². The smallest absolute Gasteiger partial charge is 0.144 e. The van der Waals surface area contributed by atoms with Crippen LogP contribution in [0, 0.1) is 17.2 Å². The van der Waals surface area contributed by atoms with Crippen molar-refractivity contribution in [2.75, 3.05) is 11.9 Å². The molecule has 4 heteroatoms. The molecule has 4 nitrogen and oxygen atoms in total. The van der Waals surface area contributed by atoms with Gasteiger partial charge in [-0.05, 0) is 24.5 Å². The second kappa shape index (κ2) is 6.36. The Labute approximate surface area is 119 Å². The molecule has 20 heavy (non-hydrogen) atoms. The number of hydrogen-bond donors (Lipinski definition) is 2. The molecule has 0 bridgehead atoms. The van der Waals surface area contributed by atoms with Crippen LogP contribution in [0.5, 0.6) is 0 Å². The summed E-state index contributed by atoms with van der Waals surface area (Å²) in [6.07, 6.45) is 0.829. The predicted molar refractivity (Wildman–Crippen MR) is 80.4 cm³/mol. The number of nitriles is 1. The molecule has 2 rings (SSSR count). The number of para-hydroxylation sites is 1. The molecule has 1 atom stereocenters. The summed E-state index contributed by atoms with van der Waals surface area (Å²) in [7, 11) is 0. The van der Waals surface area contributed by atoms with Crippen molar-refractivity contribution < 1.29 is 5.11 Å². The Bertz CT molecular complexity index is 631.